The molecule has 0 radical (unpaired) electrons. The van der Waals surface area contributed by atoms with Gasteiger partial charge in [-0.2, -0.15) is 0 Å². The molecule has 1 fully saturated rings. The van der Waals surface area contributed by atoms with Crippen LogP contribution in [0.25, 0.3) is 0 Å². The molecule has 16 heavy (non-hydrogen) atoms. The van der Waals surface area contributed by atoms with Gasteiger partial charge in [0.05, 0.1) is 0 Å². The molecule has 4 heteroatoms. The molecule has 0 aromatic heterocycles. The van der Waals surface area contributed by atoms with Crippen LogP contribution in [0.1, 0.15) is 40.5 Å². The van der Waals surface area contributed by atoms with Crippen LogP contribution >= 0.6 is 0 Å². The third kappa shape index (κ3) is 4.21. The summed E-state index contributed by atoms with van der Waals surface area (Å²) in [7, 11) is 0. The smallest absolute Gasteiger partial charge is 0.407 e. The Labute approximate surface area is 96.7 Å². The van der Waals surface area contributed by atoms with Gasteiger partial charge in [-0.05, 0) is 33.1 Å². The van der Waals surface area contributed by atoms with Crippen molar-refractivity contribution in [2.45, 2.75) is 46.1 Å². The highest BCUT2D eigenvalue weighted by atomic mass is 16.6. The van der Waals surface area contributed by atoms with Gasteiger partial charge in [0.25, 0.3) is 0 Å². The molecule has 0 bridgehead atoms. The minimum atomic E-state index is -0.466. The molecular weight excluding hydrogens is 206 g/mol. The van der Waals surface area contributed by atoms with Crippen molar-refractivity contribution in [3.63, 3.8) is 0 Å². The third-order valence-corrected chi connectivity index (χ3v) is 2.59. The molecule has 0 aliphatic heterocycles. The Morgan fingerprint density at radius 1 is 1.38 bits per heavy atom. The highest BCUT2D eigenvalue weighted by Gasteiger charge is 2.41. The quantitative estimate of drug-likeness (QED) is 0.800. The standard InChI is InChI=1S/C12H21NO3/c1-5-10(14)9-6-8(9)7-13-11(15)16-12(2,3)4/h8-9H,5-7H2,1-4H3,(H,13,15)/t8-,9-/m0/s1. The maximum atomic E-state index is 11.3. The lowest BCUT2D eigenvalue weighted by Gasteiger charge is -2.19. The van der Waals surface area contributed by atoms with Crippen molar-refractivity contribution >= 4 is 11.9 Å². The van der Waals surface area contributed by atoms with Gasteiger partial charge in [0.1, 0.15) is 11.4 Å². The fraction of sp³-hybridized carbons (Fsp3) is 0.833. The fourth-order valence-electron chi connectivity index (χ4n) is 1.66. The lowest BCUT2D eigenvalue weighted by Crippen LogP contribution is -2.33. The van der Waals surface area contributed by atoms with Gasteiger partial charge in [-0.25, -0.2) is 4.79 Å². The van der Waals surface area contributed by atoms with Gasteiger partial charge in [-0.15, -0.1) is 0 Å². The van der Waals surface area contributed by atoms with Gasteiger partial charge in [0.15, 0.2) is 0 Å². The van der Waals surface area contributed by atoms with Crippen molar-refractivity contribution in [1.82, 2.24) is 5.32 Å². The van der Waals surface area contributed by atoms with E-state index >= 15 is 0 Å². The zero-order valence-electron chi connectivity index (χ0n) is 10.5. The van der Waals surface area contributed by atoms with E-state index < -0.39 is 11.7 Å². The van der Waals surface area contributed by atoms with E-state index in [1.54, 1.807) is 0 Å². The molecule has 0 saturated heterocycles. The molecule has 2 atom stereocenters. The molecule has 1 rings (SSSR count). The van der Waals surface area contributed by atoms with Crippen LogP contribution in [0.15, 0.2) is 0 Å². The van der Waals surface area contributed by atoms with E-state index in [1.165, 1.54) is 0 Å². The Morgan fingerprint density at radius 2 is 2.00 bits per heavy atom. The van der Waals surface area contributed by atoms with Crippen molar-refractivity contribution in [1.29, 1.82) is 0 Å². The van der Waals surface area contributed by atoms with Gasteiger partial charge in [-0.3, -0.25) is 4.79 Å². The number of rotatable bonds is 4. The van der Waals surface area contributed by atoms with Gasteiger partial charge < -0.3 is 10.1 Å². The zero-order valence-corrected chi connectivity index (χ0v) is 10.5. The first kappa shape index (κ1) is 13.0. The van der Waals surface area contributed by atoms with Crippen LogP contribution in [0, 0.1) is 11.8 Å². The Bertz CT molecular complexity index is 280. The molecule has 1 N–H and O–H groups in total. The first-order valence-electron chi connectivity index (χ1n) is 5.83. The van der Waals surface area contributed by atoms with E-state index in [0.717, 1.165) is 6.42 Å². The Hall–Kier alpha value is -1.06. The molecule has 4 nitrogen and oxygen atoms in total. The van der Waals surface area contributed by atoms with E-state index in [9.17, 15) is 9.59 Å². The van der Waals surface area contributed by atoms with Gasteiger partial charge in [0.2, 0.25) is 0 Å². The molecule has 1 aliphatic carbocycles. The number of ether oxygens (including phenoxy) is 1. The largest absolute Gasteiger partial charge is 0.444 e. The molecule has 1 saturated carbocycles. The van der Waals surface area contributed by atoms with Crippen molar-refractivity contribution < 1.29 is 14.3 Å². The van der Waals surface area contributed by atoms with Crippen LogP contribution in [-0.4, -0.2) is 24.0 Å². The highest BCUT2D eigenvalue weighted by molar-refractivity contribution is 5.83. The summed E-state index contributed by atoms with van der Waals surface area (Å²) in [6.45, 7) is 7.90. The van der Waals surface area contributed by atoms with E-state index in [4.69, 9.17) is 4.74 Å². The van der Waals surface area contributed by atoms with Crippen LogP contribution < -0.4 is 5.32 Å². The lowest BCUT2D eigenvalue weighted by atomic mass is 10.2. The van der Waals surface area contributed by atoms with Gasteiger partial charge >= 0.3 is 6.09 Å². The average Bonchev–Trinajstić information content (AvgIpc) is 2.90. The number of hydrogen-bond acceptors (Lipinski definition) is 3. The van der Waals surface area contributed by atoms with Crippen LogP contribution in [0.4, 0.5) is 4.79 Å². The van der Waals surface area contributed by atoms with Gasteiger partial charge in [-0.1, -0.05) is 6.92 Å². The molecule has 0 heterocycles. The predicted octanol–water partition coefficient (Wildman–Crippen LogP) is 2.13. The second-order valence-electron chi connectivity index (χ2n) is 5.30. The van der Waals surface area contributed by atoms with E-state index in [2.05, 4.69) is 5.32 Å². The topological polar surface area (TPSA) is 55.4 Å². The van der Waals surface area contributed by atoms with Crippen LogP contribution in [0.3, 0.4) is 0 Å². The molecule has 0 aromatic carbocycles. The first-order valence-corrected chi connectivity index (χ1v) is 5.83. The number of carbonyl (C=O) groups is 2. The number of amides is 1. The number of hydrogen-bond donors (Lipinski definition) is 1. The van der Waals surface area contributed by atoms with E-state index in [0.29, 0.717) is 24.7 Å². The summed E-state index contributed by atoms with van der Waals surface area (Å²) in [5.74, 6) is 0.788. The Balaban J connectivity index is 2.18. The highest BCUT2D eigenvalue weighted by Crippen LogP contribution is 2.39. The Kier molecular flexibility index (Phi) is 3.94. The summed E-state index contributed by atoms with van der Waals surface area (Å²) in [4.78, 5) is 22.6. The normalized spacial score (nSPS) is 23.8. The first-order chi connectivity index (χ1) is 7.33. The summed E-state index contributed by atoms with van der Waals surface area (Å²) in [5, 5.41) is 2.70. The number of alkyl carbamates (subject to hydrolysis) is 1. The second-order valence-corrected chi connectivity index (χ2v) is 5.30. The number of carbonyl (C=O) groups excluding carboxylic acids is 2. The summed E-state index contributed by atoms with van der Waals surface area (Å²) in [6, 6.07) is 0. The number of ketones is 1. The number of Topliss-reactive ketones (excluding diaryl/α,β-unsaturated/α-hetero) is 1. The average molecular weight is 227 g/mol. The summed E-state index contributed by atoms with van der Waals surface area (Å²) < 4.78 is 5.10. The monoisotopic (exact) mass is 227 g/mol. The van der Waals surface area contributed by atoms with Crippen molar-refractivity contribution in [2.24, 2.45) is 11.8 Å². The summed E-state index contributed by atoms with van der Waals surface area (Å²) >= 11 is 0. The van der Waals surface area contributed by atoms with Crippen LogP contribution in [0.5, 0.6) is 0 Å². The second kappa shape index (κ2) is 4.85. The maximum absolute atomic E-state index is 11.3. The minimum absolute atomic E-state index is 0.167. The zero-order chi connectivity index (χ0) is 12.3. The predicted molar refractivity (Wildman–Crippen MR) is 61.1 cm³/mol. The van der Waals surface area contributed by atoms with E-state index in [-0.39, 0.29) is 5.92 Å². The molecule has 1 aliphatic rings. The van der Waals surface area contributed by atoms with E-state index in [1.807, 2.05) is 27.7 Å². The van der Waals surface area contributed by atoms with Gasteiger partial charge in [0, 0.05) is 18.9 Å². The van der Waals surface area contributed by atoms with Crippen molar-refractivity contribution in [3.8, 4) is 0 Å². The van der Waals surface area contributed by atoms with Crippen LogP contribution in [-0.2, 0) is 9.53 Å². The van der Waals surface area contributed by atoms with Crippen LogP contribution in [0.2, 0.25) is 0 Å². The molecule has 0 spiro atoms. The number of nitrogens with one attached hydrogen (secondary N) is 1. The molecule has 0 aromatic rings. The van der Waals surface area contributed by atoms with Crippen molar-refractivity contribution in [2.75, 3.05) is 6.54 Å². The third-order valence-electron chi connectivity index (χ3n) is 2.59. The molecular formula is C12H21NO3. The Morgan fingerprint density at radius 3 is 2.50 bits per heavy atom. The summed E-state index contributed by atoms with van der Waals surface area (Å²) in [6.07, 6.45) is 1.10. The molecule has 1 amide bonds. The lowest BCUT2D eigenvalue weighted by molar-refractivity contribution is -0.120. The fourth-order valence-corrected chi connectivity index (χ4v) is 1.66. The van der Waals surface area contributed by atoms with Crippen molar-refractivity contribution in [3.05, 3.63) is 0 Å². The SMILES string of the molecule is CCC(=O)[C@H]1C[C@H]1CNC(=O)OC(C)(C)C. The molecule has 92 valence electrons. The minimum Gasteiger partial charge on any atom is -0.444 e. The maximum Gasteiger partial charge on any atom is 0.407 e. The summed E-state index contributed by atoms with van der Waals surface area (Å²) in [5.41, 5.74) is -0.466. The molecule has 0 unspecified atom stereocenters.